The van der Waals surface area contributed by atoms with Crippen molar-refractivity contribution in [2.24, 2.45) is 5.92 Å². The van der Waals surface area contributed by atoms with E-state index in [0.717, 1.165) is 18.8 Å². The number of hydrogen-bond acceptors (Lipinski definition) is 4. The van der Waals surface area contributed by atoms with Gasteiger partial charge in [0.1, 0.15) is 0 Å². The molecule has 0 radical (unpaired) electrons. The molecule has 2 N–H and O–H groups in total. The predicted molar refractivity (Wildman–Crippen MR) is 43.8 cm³/mol. The van der Waals surface area contributed by atoms with E-state index < -0.39 is 0 Å². The van der Waals surface area contributed by atoms with E-state index in [1.54, 1.807) is 0 Å². The van der Waals surface area contributed by atoms with Crippen LogP contribution in [0.3, 0.4) is 0 Å². The molecule has 0 aliphatic heterocycles. The van der Waals surface area contributed by atoms with Crippen LogP contribution in [0.4, 0.5) is 0 Å². The Morgan fingerprint density at radius 1 is 1.62 bits per heavy atom. The van der Waals surface area contributed by atoms with Crippen molar-refractivity contribution in [3.63, 3.8) is 0 Å². The van der Waals surface area contributed by atoms with Gasteiger partial charge in [0, 0.05) is 6.04 Å². The van der Waals surface area contributed by atoms with Crippen LogP contribution in [-0.4, -0.2) is 32.6 Å². The van der Waals surface area contributed by atoms with Crippen LogP contribution < -0.4 is 5.32 Å². The quantitative estimate of drug-likeness (QED) is 0.657. The molecule has 13 heavy (non-hydrogen) atoms. The van der Waals surface area contributed by atoms with Crippen LogP contribution in [0.15, 0.2) is 0 Å². The first kappa shape index (κ1) is 8.15. The lowest BCUT2D eigenvalue weighted by Crippen LogP contribution is -2.43. The highest BCUT2D eigenvalue weighted by molar-refractivity contribution is 5.90. The Hall–Kier alpha value is -1.46. The zero-order valence-corrected chi connectivity index (χ0v) is 7.32. The van der Waals surface area contributed by atoms with Gasteiger partial charge < -0.3 is 5.32 Å². The number of aromatic nitrogens is 4. The molecule has 0 bridgehead atoms. The maximum atomic E-state index is 11.3. The van der Waals surface area contributed by atoms with Crippen LogP contribution in [0, 0.1) is 5.92 Å². The van der Waals surface area contributed by atoms with Gasteiger partial charge in [0.05, 0.1) is 0 Å². The summed E-state index contributed by atoms with van der Waals surface area (Å²) in [7, 11) is 0. The molecule has 0 spiro atoms. The molecule has 1 heterocycles. The first-order valence-corrected chi connectivity index (χ1v) is 4.30. The van der Waals surface area contributed by atoms with Gasteiger partial charge in [0.2, 0.25) is 0 Å². The van der Waals surface area contributed by atoms with Gasteiger partial charge in [-0.3, -0.25) is 4.79 Å². The second kappa shape index (κ2) is 3.12. The van der Waals surface area contributed by atoms with Crippen LogP contribution in [0.2, 0.25) is 0 Å². The molecule has 1 aliphatic rings. The van der Waals surface area contributed by atoms with Gasteiger partial charge >= 0.3 is 0 Å². The lowest BCUT2D eigenvalue weighted by Gasteiger charge is -2.32. The molecule has 1 aromatic heterocycles. The summed E-state index contributed by atoms with van der Waals surface area (Å²) in [5, 5.41) is 15.5. The van der Waals surface area contributed by atoms with E-state index in [0.29, 0.717) is 6.04 Å². The first-order chi connectivity index (χ1) is 6.25. The normalized spacial score (nSPS) is 26.5. The van der Waals surface area contributed by atoms with Crippen LogP contribution in [0.1, 0.15) is 30.4 Å². The molecule has 70 valence electrons. The SMILES string of the molecule is CC1CC(NC(=O)c2nn[nH]n2)C1. The minimum atomic E-state index is -0.245. The molecular formula is C7H11N5O. The van der Waals surface area contributed by atoms with E-state index in [9.17, 15) is 4.79 Å². The molecular weight excluding hydrogens is 170 g/mol. The zero-order valence-electron chi connectivity index (χ0n) is 7.32. The summed E-state index contributed by atoms with van der Waals surface area (Å²) in [5.41, 5.74) is 0. The number of carbonyl (C=O) groups is 1. The van der Waals surface area contributed by atoms with E-state index in [-0.39, 0.29) is 11.7 Å². The molecule has 1 fully saturated rings. The van der Waals surface area contributed by atoms with Crippen molar-refractivity contribution in [2.45, 2.75) is 25.8 Å². The fourth-order valence-electron chi connectivity index (χ4n) is 1.53. The molecule has 1 saturated carbocycles. The van der Waals surface area contributed by atoms with Gasteiger partial charge in [-0.1, -0.05) is 6.92 Å². The van der Waals surface area contributed by atoms with Crippen LogP contribution >= 0.6 is 0 Å². The molecule has 0 unspecified atom stereocenters. The molecule has 1 aliphatic carbocycles. The molecule has 0 saturated heterocycles. The van der Waals surface area contributed by atoms with E-state index in [1.807, 2.05) is 0 Å². The molecule has 0 atom stereocenters. The van der Waals surface area contributed by atoms with Crippen molar-refractivity contribution in [3.05, 3.63) is 5.82 Å². The number of nitrogens with zero attached hydrogens (tertiary/aromatic N) is 3. The number of carbonyl (C=O) groups excluding carboxylic acids is 1. The third kappa shape index (κ3) is 1.66. The lowest BCUT2D eigenvalue weighted by atomic mass is 9.82. The van der Waals surface area contributed by atoms with Crippen molar-refractivity contribution >= 4 is 5.91 Å². The second-order valence-corrected chi connectivity index (χ2v) is 3.48. The monoisotopic (exact) mass is 181 g/mol. The molecule has 0 aromatic carbocycles. The van der Waals surface area contributed by atoms with Crippen LogP contribution in [0.5, 0.6) is 0 Å². The average Bonchev–Trinajstić information content (AvgIpc) is 2.53. The Labute approximate surface area is 75.1 Å². The number of aromatic amines is 1. The average molecular weight is 181 g/mol. The van der Waals surface area contributed by atoms with Gasteiger partial charge in [-0.05, 0) is 24.0 Å². The summed E-state index contributed by atoms with van der Waals surface area (Å²) in [6.45, 7) is 2.16. The Morgan fingerprint density at radius 2 is 2.38 bits per heavy atom. The largest absolute Gasteiger partial charge is 0.346 e. The molecule has 6 heteroatoms. The number of rotatable bonds is 2. The summed E-state index contributed by atoms with van der Waals surface area (Å²) in [6.07, 6.45) is 2.09. The Bertz CT molecular complexity index is 290. The summed E-state index contributed by atoms with van der Waals surface area (Å²) >= 11 is 0. The summed E-state index contributed by atoms with van der Waals surface area (Å²) in [5.74, 6) is 0.584. The third-order valence-electron chi connectivity index (χ3n) is 2.26. The van der Waals surface area contributed by atoms with Crippen molar-refractivity contribution in [3.8, 4) is 0 Å². The van der Waals surface area contributed by atoms with Gasteiger partial charge in [0.15, 0.2) is 0 Å². The summed E-state index contributed by atoms with van der Waals surface area (Å²) in [4.78, 5) is 11.3. The minimum absolute atomic E-state index is 0.111. The Balaban J connectivity index is 1.86. The number of amides is 1. The fraction of sp³-hybridized carbons (Fsp3) is 0.714. The Kier molecular flexibility index (Phi) is 1.96. The topological polar surface area (TPSA) is 83.6 Å². The van der Waals surface area contributed by atoms with Crippen LogP contribution in [-0.2, 0) is 0 Å². The Morgan fingerprint density at radius 3 is 2.92 bits per heavy atom. The van der Waals surface area contributed by atoms with E-state index in [2.05, 4.69) is 32.9 Å². The maximum Gasteiger partial charge on any atom is 0.293 e. The number of tetrazole rings is 1. The standard InChI is InChI=1S/C7H11N5O/c1-4-2-5(3-4)8-7(13)6-9-11-12-10-6/h4-5H,2-3H2,1H3,(H,8,13)(H,9,10,11,12). The van der Waals surface area contributed by atoms with Gasteiger partial charge in [-0.25, -0.2) is 0 Å². The van der Waals surface area contributed by atoms with Gasteiger partial charge in [-0.2, -0.15) is 5.21 Å². The molecule has 1 amide bonds. The van der Waals surface area contributed by atoms with Crippen LogP contribution in [0.25, 0.3) is 0 Å². The molecule has 2 rings (SSSR count). The van der Waals surface area contributed by atoms with Gasteiger partial charge in [-0.15, -0.1) is 10.2 Å². The van der Waals surface area contributed by atoms with Crippen molar-refractivity contribution < 1.29 is 4.79 Å². The highest BCUT2D eigenvalue weighted by Gasteiger charge is 2.27. The number of H-pyrrole nitrogens is 1. The summed E-state index contributed by atoms with van der Waals surface area (Å²) < 4.78 is 0. The molecule has 6 nitrogen and oxygen atoms in total. The van der Waals surface area contributed by atoms with Crippen molar-refractivity contribution in [2.75, 3.05) is 0 Å². The lowest BCUT2D eigenvalue weighted by molar-refractivity contribution is 0.0885. The van der Waals surface area contributed by atoms with E-state index >= 15 is 0 Å². The van der Waals surface area contributed by atoms with Crippen molar-refractivity contribution in [1.82, 2.24) is 25.9 Å². The fourth-order valence-corrected chi connectivity index (χ4v) is 1.53. The highest BCUT2D eigenvalue weighted by atomic mass is 16.2. The van der Waals surface area contributed by atoms with Crippen molar-refractivity contribution in [1.29, 1.82) is 0 Å². The second-order valence-electron chi connectivity index (χ2n) is 3.48. The summed E-state index contributed by atoms with van der Waals surface area (Å²) in [6, 6.07) is 0.293. The third-order valence-corrected chi connectivity index (χ3v) is 2.26. The van der Waals surface area contributed by atoms with E-state index in [1.165, 1.54) is 0 Å². The van der Waals surface area contributed by atoms with Gasteiger partial charge in [0.25, 0.3) is 11.7 Å². The zero-order chi connectivity index (χ0) is 9.26. The maximum absolute atomic E-state index is 11.3. The number of nitrogens with one attached hydrogen (secondary N) is 2. The predicted octanol–water partition coefficient (Wildman–Crippen LogP) is -0.272. The number of hydrogen-bond donors (Lipinski definition) is 2. The smallest absolute Gasteiger partial charge is 0.293 e. The van der Waals surface area contributed by atoms with E-state index in [4.69, 9.17) is 0 Å². The minimum Gasteiger partial charge on any atom is -0.346 e. The first-order valence-electron chi connectivity index (χ1n) is 4.30. The highest BCUT2D eigenvalue weighted by Crippen LogP contribution is 2.26. The molecule has 1 aromatic rings.